The average molecular weight is 639 g/mol. The van der Waals surface area contributed by atoms with Crippen LogP contribution in [0.2, 0.25) is 0 Å². The quantitative estimate of drug-likeness (QED) is 0.179. The molecule has 3 aliphatic carbocycles. The molecule has 0 saturated carbocycles. The second kappa shape index (κ2) is 11.6. The summed E-state index contributed by atoms with van der Waals surface area (Å²) >= 11 is 0. The number of hydrogen-bond acceptors (Lipinski definition) is 2. The van der Waals surface area contributed by atoms with E-state index in [-0.39, 0.29) is 11.8 Å². The molecule has 0 aromatic heterocycles. The van der Waals surface area contributed by atoms with Crippen molar-refractivity contribution >= 4 is 44.9 Å². The molecule has 0 aliphatic heterocycles. The molecule has 0 N–H and O–H groups in total. The summed E-state index contributed by atoms with van der Waals surface area (Å²) in [6, 6.07) is 71.0. The number of benzene rings is 8. The summed E-state index contributed by atoms with van der Waals surface area (Å²) in [6.07, 6.45) is 0. The van der Waals surface area contributed by atoms with E-state index in [0.29, 0.717) is 0 Å². The minimum Gasteiger partial charge on any atom is -0.310 e. The molecular formula is C48H34N2. The Hall–Kier alpha value is -6.38. The van der Waals surface area contributed by atoms with Crippen LogP contribution in [0.3, 0.4) is 0 Å². The summed E-state index contributed by atoms with van der Waals surface area (Å²) < 4.78 is 0. The van der Waals surface area contributed by atoms with Crippen molar-refractivity contribution < 1.29 is 0 Å². The van der Waals surface area contributed by atoms with Gasteiger partial charge in [0, 0.05) is 45.4 Å². The summed E-state index contributed by atoms with van der Waals surface area (Å²) in [5, 5.41) is 2.46. The number of nitrogens with zero attached hydrogens (tertiary/aromatic N) is 2. The van der Waals surface area contributed by atoms with Crippen LogP contribution in [-0.4, -0.2) is 0 Å². The Morgan fingerprint density at radius 1 is 0.260 bits per heavy atom. The van der Waals surface area contributed by atoms with Crippen LogP contribution in [0.25, 0.3) is 10.8 Å². The molecule has 0 amide bonds. The maximum Gasteiger partial charge on any atom is 0.0586 e. The normalized spacial score (nSPS) is 15.2. The monoisotopic (exact) mass is 638 g/mol. The number of anilines is 6. The first kappa shape index (κ1) is 28.6. The lowest BCUT2D eigenvalue weighted by Crippen LogP contribution is -2.31. The van der Waals surface area contributed by atoms with Gasteiger partial charge in [0.05, 0.1) is 11.4 Å². The summed E-state index contributed by atoms with van der Waals surface area (Å²) in [7, 11) is 0. The second-order valence-electron chi connectivity index (χ2n) is 13.2. The molecule has 2 nitrogen and oxygen atoms in total. The predicted octanol–water partition coefficient (Wildman–Crippen LogP) is 12.8. The van der Waals surface area contributed by atoms with Crippen molar-refractivity contribution in [1.29, 1.82) is 0 Å². The van der Waals surface area contributed by atoms with Crippen LogP contribution in [-0.2, 0) is 0 Å². The van der Waals surface area contributed by atoms with E-state index in [9.17, 15) is 0 Å². The largest absolute Gasteiger partial charge is 0.310 e. The Kier molecular flexibility index (Phi) is 6.67. The van der Waals surface area contributed by atoms with Crippen LogP contribution >= 0.6 is 0 Å². The molecule has 3 aliphatic rings. The molecule has 0 unspecified atom stereocenters. The molecule has 2 bridgehead atoms. The van der Waals surface area contributed by atoms with Gasteiger partial charge >= 0.3 is 0 Å². The van der Waals surface area contributed by atoms with Crippen molar-refractivity contribution in [1.82, 2.24) is 0 Å². The Balaban J connectivity index is 1.42. The number of fused-ring (bicyclic) bond motifs is 1. The molecule has 0 fully saturated rings. The second-order valence-corrected chi connectivity index (χ2v) is 13.2. The first-order valence-electron chi connectivity index (χ1n) is 17.4. The molecule has 50 heavy (non-hydrogen) atoms. The summed E-state index contributed by atoms with van der Waals surface area (Å²) in [5.41, 5.74) is 15.4. The van der Waals surface area contributed by atoms with E-state index in [1.165, 1.54) is 55.5 Å². The van der Waals surface area contributed by atoms with Gasteiger partial charge in [-0.2, -0.15) is 0 Å². The zero-order valence-electron chi connectivity index (χ0n) is 27.5. The van der Waals surface area contributed by atoms with E-state index in [2.05, 4.69) is 204 Å². The van der Waals surface area contributed by atoms with Crippen LogP contribution in [0.1, 0.15) is 45.2 Å². The van der Waals surface area contributed by atoms with Crippen molar-refractivity contribution in [2.24, 2.45) is 0 Å². The van der Waals surface area contributed by atoms with E-state index >= 15 is 0 Å². The minimum absolute atomic E-state index is 0.0593. The van der Waals surface area contributed by atoms with Gasteiger partial charge in [-0.3, -0.25) is 0 Å². The van der Waals surface area contributed by atoms with E-state index < -0.39 is 0 Å². The lowest BCUT2D eigenvalue weighted by molar-refractivity contribution is 0.756. The fourth-order valence-corrected chi connectivity index (χ4v) is 8.66. The molecule has 8 aromatic rings. The highest BCUT2D eigenvalue weighted by molar-refractivity contribution is 6.12. The van der Waals surface area contributed by atoms with E-state index in [4.69, 9.17) is 0 Å². The Bertz CT molecular complexity index is 2190. The summed E-state index contributed by atoms with van der Waals surface area (Å²) in [4.78, 5) is 5.01. The zero-order chi connectivity index (χ0) is 33.0. The van der Waals surface area contributed by atoms with Crippen molar-refractivity contribution in [3.05, 3.63) is 228 Å². The van der Waals surface area contributed by atoms with Gasteiger partial charge in [0.15, 0.2) is 0 Å². The number of para-hydroxylation sites is 4. The molecule has 0 heterocycles. The maximum absolute atomic E-state index is 2.51. The molecule has 236 valence electrons. The van der Waals surface area contributed by atoms with Crippen molar-refractivity contribution in [3.8, 4) is 0 Å². The van der Waals surface area contributed by atoms with Gasteiger partial charge in [-0.25, -0.2) is 0 Å². The molecule has 0 radical (unpaired) electrons. The lowest BCUT2D eigenvalue weighted by Gasteiger charge is -2.47. The Morgan fingerprint density at radius 3 is 0.780 bits per heavy atom. The van der Waals surface area contributed by atoms with E-state index in [1.54, 1.807) is 0 Å². The standard InChI is InChI=1S/C48H34N2/c1-5-19-33(20-6-1)49(34-21-7-2-8-22-34)47-41-31-17-18-32-42(41)48(50(35-23-9-3-10-24-35)36-25-11-4-12-26-36)46-44-39-29-15-13-27-37(39)43(45(46)47)38-28-14-16-30-40(38)44/h1-32,43-44H. The zero-order valence-corrected chi connectivity index (χ0v) is 27.5. The third-order valence-electron chi connectivity index (χ3n) is 10.6. The van der Waals surface area contributed by atoms with Gasteiger partial charge in [-0.15, -0.1) is 0 Å². The Morgan fingerprint density at radius 2 is 0.500 bits per heavy atom. The first-order chi connectivity index (χ1) is 24.9. The highest BCUT2D eigenvalue weighted by atomic mass is 15.2. The minimum atomic E-state index is 0.0593. The fourth-order valence-electron chi connectivity index (χ4n) is 8.66. The predicted molar refractivity (Wildman–Crippen MR) is 208 cm³/mol. The maximum atomic E-state index is 2.51. The summed E-state index contributed by atoms with van der Waals surface area (Å²) in [5.74, 6) is 0.119. The summed E-state index contributed by atoms with van der Waals surface area (Å²) in [6.45, 7) is 0. The molecule has 11 rings (SSSR count). The van der Waals surface area contributed by atoms with E-state index in [1.807, 2.05) is 0 Å². The average Bonchev–Trinajstić information content (AvgIpc) is 3.20. The van der Waals surface area contributed by atoms with Gasteiger partial charge in [0.2, 0.25) is 0 Å². The number of rotatable bonds is 6. The Labute approximate surface area is 293 Å². The van der Waals surface area contributed by atoms with Crippen molar-refractivity contribution in [3.63, 3.8) is 0 Å². The first-order valence-corrected chi connectivity index (χ1v) is 17.4. The van der Waals surface area contributed by atoms with E-state index in [0.717, 1.165) is 22.7 Å². The third-order valence-corrected chi connectivity index (χ3v) is 10.6. The van der Waals surface area contributed by atoms with Gasteiger partial charge in [0.1, 0.15) is 0 Å². The molecule has 8 aromatic carbocycles. The molecule has 0 atom stereocenters. The van der Waals surface area contributed by atoms with Gasteiger partial charge < -0.3 is 9.80 Å². The lowest BCUT2D eigenvalue weighted by atomic mass is 9.59. The smallest absolute Gasteiger partial charge is 0.0586 e. The highest BCUT2D eigenvalue weighted by Crippen LogP contribution is 2.64. The molecular weight excluding hydrogens is 605 g/mol. The SMILES string of the molecule is c1ccc(N(c2ccccc2)c2c3c(c(N(c4ccccc4)c4ccccc4)c4ccccc24)C2c4ccccc4C3c3ccccc32)cc1. The molecule has 0 spiro atoms. The highest BCUT2D eigenvalue weighted by Gasteiger charge is 2.46. The topological polar surface area (TPSA) is 6.48 Å². The molecule has 2 heteroatoms. The third kappa shape index (κ3) is 4.28. The van der Waals surface area contributed by atoms with Crippen LogP contribution in [0, 0.1) is 0 Å². The van der Waals surface area contributed by atoms with Gasteiger partial charge in [0.25, 0.3) is 0 Å². The van der Waals surface area contributed by atoms with Crippen LogP contribution < -0.4 is 9.80 Å². The fraction of sp³-hybridized carbons (Fsp3) is 0.0417. The number of hydrogen-bond donors (Lipinski definition) is 0. The van der Waals surface area contributed by atoms with Crippen LogP contribution in [0.4, 0.5) is 34.1 Å². The van der Waals surface area contributed by atoms with Crippen LogP contribution in [0.15, 0.2) is 194 Å². The van der Waals surface area contributed by atoms with Crippen molar-refractivity contribution in [2.75, 3.05) is 9.80 Å². The van der Waals surface area contributed by atoms with Crippen molar-refractivity contribution in [2.45, 2.75) is 11.8 Å². The molecule has 0 saturated heterocycles. The van der Waals surface area contributed by atoms with Crippen LogP contribution in [0.5, 0.6) is 0 Å². The van der Waals surface area contributed by atoms with Gasteiger partial charge in [-0.1, -0.05) is 146 Å². The van der Waals surface area contributed by atoms with Gasteiger partial charge in [-0.05, 0) is 81.9 Å².